The van der Waals surface area contributed by atoms with Crippen LogP contribution in [0.2, 0.25) is 0 Å². The molecule has 2 unspecified atom stereocenters. The second-order valence-electron chi connectivity index (χ2n) is 27.8. The third-order valence-electron chi connectivity index (χ3n) is 20.6. The van der Waals surface area contributed by atoms with Gasteiger partial charge in [-0.1, -0.05) is 264 Å². The Labute approximate surface area is 599 Å². The molecule has 9 aromatic rings. The molecule has 506 valence electrons. The Morgan fingerprint density at radius 3 is 1.14 bits per heavy atom. The molecule has 6 aromatic heterocycles. The predicted molar refractivity (Wildman–Crippen MR) is 426 cm³/mol. The van der Waals surface area contributed by atoms with Crippen LogP contribution in [0.25, 0.3) is 78.3 Å². The van der Waals surface area contributed by atoms with Crippen molar-refractivity contribution in [2.45, 2.75) is 247 Å². The Kier molecular flexibility index (Phi) is 26.6. The minimum Gasteiger partial charge on any atom is -0.289 e. The van der Waals surface area contributed by atoms with E-state index in [0.29, 0.717) is 28.5 Å². The van der Waals surface area contributed by atoms with Gasteiger partial charge in [0.25, 0.3) is 0 Å². The van der Waals surface area contributed by atoms with Crippen LogP contribution in [0.3, 0.4) is 0 Å². The Hall–Kier alpha value is -5.39. The lowest BCUT2D eigenvalue weighted by Crippen LogP contribution is -2.01. The van der Waals surface area contributed by atoms with Crippen LogP contribution >= 0.6 is 68.0 Å². The monoisotopic (exact) mass is 1390 g/mol. The third kappa shape index (κ3) is 17.2. The molecule has 2 aliphatic rings. The van der Waals surface area contributed by atoms with E-state index in [4.69, 9.17) is 0 Å². The van der Waals surface area contributed by atoms with Crippen LogP contribution in [0.1, 0.15) is 289 Å². The van der Waals surface area contributed by atoms with Crippen molar-refractivity contribution in [1.29, 1.82) is 0 Å². The van der Waals surface area contributed by atoms with Gasteiger partial charge in [-0.2, -0.15) is 0 Å². The fraction of sp³-hybridized carbons (Fsp3) is 0.460. The highest BCUT2D eigenvalue weighted by atomic mass is 32.1. The topological polar surface area (TPSA) is 51.2 Å². The van der Waals surface area contributed by atoms with Crippen LogP contribution in [0, 0.1) is 11.8 Å². The van der Waals surface area contributed by atoms with E-state index in [9.17, 15) is 14.4 Å². The van der Waals surface area contributed by atoms with Crippen LogP contribution in [-0.2, 0) is 25.7 Å². The molecule has 0 bridgehead atoms. The SMILES string of the molecule is C=C1/C(=C/c2cc(CCCCCCCCCCCC)c(-c3cc4c(-c5ccc(CC(CC)CCCC)s5)c5sc(-c6sc(C=C7C(=O)c8ccccc8C7=O)cc6CCCCCCCCCCCC)cc5c(-c5ccc(CC(CC)CCCC)s5)c4s3)s2)C(=O)c2ccccc21. The standard InChI is InChI=1S/C87H104O3S6/c1-8-14-18-20-22-24-26-28-30-32-40-61-52-65(54-71-58(7)67-42-34-35-43-68(67)81(71)88)93-84(61)77-56-72-79(75-48-46-63(91-75)50-59(12-5)38-16-10-3)87-73(80(86(72)95-77)76-49-47-64(92-76)51-60(13-6)39-17-11-4)57-78(96-87)85-62(41-33-31-29-27-25-23-21-19-15-9-2)53-66(94-85)55-74-82(89)69-44-36-37-45-70(69)83(74)90/h34-37,42-49,52-57,59-60H,7-33,38-41,50-51H2,1-6H3/b71-54-. The van der Waals surface area contributed by atoms with Crippen molar-refractivity contribution in [3.63, 3.8) is 0 Å². The summed E-state index contributed by atoms with van der Waals surface area (Å²) < 4.78 is 2.68. The van der Waals surface area contributed by atoms with Gasteiger partial charge >= 0.3 is 0 Å². The smallest absolute Gasteiger partial charge is 0.197 e. The van der Waals surface area contributed by atoms with E-state index in [1.807, 2.05) is 99.2 Å². The number of ketones is 3. The number of Topliss-reactive ketones (excluding diaryl/α,β-unsaturated/α-hetero) is 3. The van der Waals surface area contributed by atoms with Crippen molar-refractivity contribution in [3.8, 4) is 40.4 Å². The van der Waals surface area contributed by atoms with Gasteiger partial charge in [0.1, 0.15) is 0 Å². The summed E-state index contributed by atoms with van der Waals surface area (Å²) in [4.78, 5) is 55.1. The maximum Gasteiger partial charge on any atom is 0.197 e. The number of carbonyl (C=O) groups excluding carboxylic acids is 3. The predicted octanol–water partition coefficient (Wildman–Crippen LogP) is 29.2. The molecule has 6 heterocycles. The Bertz CT molecular complexity index is 3780. The largest absolute Gasteiger partial charge is 0.289 e. The van der Waals surface area contributed by atoms with Crippen molar-refractivity contribution >= 4 is 123 Å². The van der Waals surface area contributed by atoms with Crippen molar-refractivity contribution in [3.05, 3.63) is 168 Å². The average Bonchev–Trinajstić information content (AvgIpc) is 1.57. The number of unbranched alkanes of at least 4 members (excludes halogenated alkanes) is 20. The third-order valence-corrected chi connectivity index (χ3v) is 27.8. The van der Waals surface area contributed by atoms with Crippen LogP contribution in [0.5, 0.6) is 0 Å². The number of carbonyl (C=O) groups is 3. The van der Waals surface area contributed by atoms with Gasteiger partial charge in [-0.15, -0.1) is 68.0 Å². The van der Waals surface area contributed by atoms with Gasteiger partial charge in [-0.05, 0) is 133 Å². The lowest BCUT2D eigenvalue weighted by molar-refractivity contribution is 0.0988. The number of hydrogen-bond donors (Lipinski definition) is 0. The summed E-state index contributed by atoms with van der Waals surface area (Å²) in [5, 5.41) is 2.64. The summed E-state index contributed by atoms with van der Waals surface area (Å²) in [7, 11) is 0. The Morgan fingerprint density at radius 1 is 0.375 bits per heavy atom. The number of hydrogen-bond acceptors (Lipinski definition) is 9. The molecule has 3 nitrogen and oxygen atoms in total. The molecular weight excluding hydrogens is 1290 g/mol. The molecule has 0 spiro atoms. The second-order valence-corrected chi connectivity index (χ2v) is 34.4. The van der Waals surface area contributed by atoms with E-state index in [-0.39, 0.29) is 22.9 Å². The molecule has 2 aliphatic carbocycles. The summed E-state index contributed by atoms with van der Waals surface area (Å²) in [6.45, 7) is 18.5. The molecule has 2 atom stereocenters. The minimum atomic E-state index is -0.170. The molecular formula is C87H104O3S6. The van der Waals surface area contributed by atoms with E-state index in [0.717, 1.165) is 65.0 Å². The first-order valence-electron chi connectivity index (χ1n) is 37.5. The van der Waals surface area contributed by atoms with Crippen molar-refractivity contribution < 1.29 is 14.4 Å². The first kappa shape index (κ1) is 71.9. The molecule has 9 heteroatoms. The van der Waals surface area contributed by atoms with Gasteiger partial charge in [0.15, 0.2) is 17.3 Å². The fourth-order valence-electron chi connectivity index (χ4n) is 14.8. The fourth-order valence-corrected chi connectivity index (χ4v) is 22.4. The highest BCUT2D eigenvalue weighted by Crippen LogP contribution is 2.56. The minimum absolute atomic E-state index is 0.0703. The number of fused-ring (bicyclic) bond motifs is 4. The summed E-state index contributed by atoms with van der Waals surface area (Å²) >= 11 is 11.6. The zero-order valence-electron chi connectivity index (χ0n) is 58.6. The maximum atomic E-state index is 14.2. The second kappa shape index (κ2) is 35.6. The number of allylic oxidation sites excluding steroid dienone is 3. The first-order valence-corrected chi connectivity index (χ1v) is 42.4. The average molecular weight is 1390 g/mol. The molecule has 0 saturated heterocycles. The van der Waals surface area contributed by atoms with Crippen LogP contribution in [0.15, 0.2) is 115 Å². The van der Waals surface area contributed by atoms with E-state index < -0.39 is 0 Å². The maximum absolute atomic E-state index is 14.2. The Balaban J connectivity index is 1.06. The number of thiophene rings is 6. The van der Waals surface area contributed by atoms with Crippen LogP contribution < -0.4 is 0 Å². The zero-order chi connectivity index (χ0) is 66.9. The van der Waals surface area contributed by atoms with E-state index in [1.165, 1.54) is 248 Å². The van der Waals surface area contributed by atoms with Crippen molar-refractivity contribution in [2.75, 3.05) is 0 Å². The summed E-state index contributed by atoms with van der Waals surface area (Å²) in [6, 6.07) is 35.0. The van der Waals surface area contributed by atoms with E-state index in [1.54, 1.807) is 23.5 Å². The van der Waals surface area contributed by atoms with E-state index in [2.05, 4.69) is 103 Å². The Morgan fingerprint density at radius 2 is 0.740 bits per heavy atom. The van der Waals surface area contributed by atoms with Crippen molar-refractivity contribution in [1.82, 2.24) is 0 Å². The van der Waals surface area contributed by atoms with E-state index >= 15 is 0 Å². The van der Waals surface area contributed by atoms with Gasteiger partial charge < -0.3 is 0 Å². The van der Waals surface area contributed by atoms with Crippen LogP contribution in [-0.4, -0.2) is 17.3 Å². The molecule has 0 fully saturated rings. The number of benzene rings is 3. The van der Waals surface area contributed by atoms with Gasteiger partial charge in [0.05, 0.1) is 5.57 Å². The number of aryl methyl sites for hydroxylation is 2. The lowest BCUT2D eigenvalue weighted by Gasteiger charge is -2.13. The zero-order valence-corrected chi connectivity index (χ0v) is 63.5. The lowest BCUT2D eigenvalue weighted by atomic mass is 9.95. The highest BCUT2D eigenvalue weighted by molar-refractivity contribution is 7.29. The molecule has 0 aliphatic heterocycles. The van der Waals surface area contributed by atoms with Crippen molar-refractivity contribution in [2.24, 2.45) is 11.8 Å². The van der Waals surface area contributed by atoms with Gasteiger partial charge in [-0.25, -0.2) is 0 Å². The molecule has 3 aromatic carbocycles. The summed E-state index contributed by atoms with van der Waals surface area (Å²) in [5.74, 6) is 1.05. The van der Waals surface area contributed by atoms with Gasteiger partial charge in [0, 0.05) is 102 Å². The van der Waals surface area contributed by atoms with Gasteiger partial charge in [-0.3, -0.25) is 14.4 Å². The molecule has 0 amide bonds. The molecule has 0 saturated carbocycles. The highest BCUT2D eigenvalue weighted by Gasteiger charge is 2.34. The molecule has 11 rings (SSSR count). The normalized spacial score (nSPS) is 14.2. The summed E-state index contributed by atoms with van der Waals surface area (Å²) in [5.41, 5.74) is 9.91. The van der Waals surface area contributed by atoms with Crippen LogP contribution in [0.4, 0.5) is 0 Å². The first-order chi connectivity index (χ1) is 47.0. The quantitative estimate of drug-likeness (QED) is 0.0218. The number of rotatable bonds is 40. The molecule has 0 N–H and O–H groups in total. The molecule has 0 radical (unpaired) electrons. The molecule has 96 heavy (non-hydrogen) atoms. The van der Waals surface area contributed by atoms with Gasteiger partial charge in [0.2, 0.25) is 0 Å². The summed E-state index contributed by atoms with van der Waals surface area (Å²) in [6.07, 6.45) is 43.9.